The fraction of sp³-hybridized carbons (Fsp3) is 0.850. The van der Waals surface area contributed by atoms with E-state index in [1.54, 1.807) is 0 Å². The minimum Gasteiger partial charge on any atom is -0.463 e. The van der Waals surface area contributed by atoms with Crippen LogP contribution in [-0.2, 0) is 57.0 Å². The van der Waals surface area contributed by atoms with Crippen molar-refractivity contribution in [2.75, 3.05) is 41.7 Å². The van der Waals surface area contributed by atoms with Gasteiger partial charge in [-0.1, -0.05) is 0 Å². The maximum Gasteiger partial charge on any atom is 0.303 e. The predicted octanol–water partition coefficient (Wildman–Crippen LogP) is -0.402. The van der Waals surface area contributed by atoms with Gasteiger partial charge >= 0.3 is 11.9 Å². The Balaban J connectivity index is 2.06. The zero-order valence-corrected chi connectivity index (χ0v) is 19.1. The van der Waals surface area contributed by atoms with Gasteiger partial charge in [0, 0.05) is 42.3 Å². The largest absolute Gasteiger partial charge is 0.463 e. The van der Waals surface area contributed by atoms with Crippen LogP contribution in [0.1, 0.15) is 20.3 Å². The van der Waals surface area contributed by atoms with Crippen molar-refractivity contribution in [1.82, 2.24) is 0 Å². The van der Waals surface area contributed by atoms with Gasteiger partial charge in [-0.2, -0.15) is 0 Å². The van der Waals surface area contributed by atoms with Gasteiger partial charge in [-0.05, 0) is 0 Å². The van der Waals surface area contributed by atoms with Crippen LogP contribution in [0.4, 0.5) is 0 Å². The van der Waals surface area contributed by atoms with E-state index in [4.69, 9.17) is 42.6 Å². The maximum atomic E-state index is 12.6. The molecule has 184 valence electrons. The van der Waals surface area contributed by atoms with Gasteiger partial charge in [0.1, 0.15) is 37.1 Å². The van der Waals surface area contributed by atoms with Gasteiger partial charge in [-0.3, -0.25) is 14.4 Å². The van der Waals surface area contributed by atoms with Crippen molar-refractivity contribution in [3.05, 3.63) is 0 Å². The van der Waals surface area contributed by atoms with Gasteiger partial charge in [0.25, 0.3) is 0 Å². The molecule has 2 aliphatic rings. The predicted molar refractivity (Wildman–Crippen MR) is 104 cm³/mol. The second-order valence-corrected chi connectivity index (χ2v) is 7.32. The first-order valence-electron chi connectivity index (χ1n) is 10.1. The lowest BCUT2D eigenvalue weighted by molar-refractivity contribution is -0.317. The number of carbonyl (C=O) groups excluding carboxylic acids is 3. The van der Waals surface area contributed by atoms with Crippen LogP contribution < -0.4 is 0 Å². The standard InChI is InChI=1S/C20H32O12/c1-10(21)28-8-13-16(30-11(2)22)12(23)7-15(31-13)29-9-14-17(24-3)18(25-4)19(26-5)20(27-6)32-14/h13-20H,7-9H2,1-6H3/t13-,14-,15+,16+,17-,18+,19-,20+/m1/s1. The van der Waals surface area contributed by atoms with E-state index in [1.807, 2.05) is 0 Å². The van der Waals surface area contributed by atoms with Crippen LogP contribution in [0.3, 0.4) is 0 Å². The molecule has 0 aliphatic carbocycles. The van der Waals surface area contributed by atoms with Gasteiger partial charge < -0.3 is 42.6 Å². The molecule has 2 fully saturated rings. The summed E-state index contributed by atoms with van der Waals surface area (Å²) in [6.07, 6.45) is -6.28. The number of carbonyl (C=O) groups is 3. The highest BCUT2D eigenvalue weighted by Crippen LogP contribution is 2.29. The third-order valence-electron chi connectivity index (χ3n) is 5.18. The van der Waals surface area contributed by atoms with Crippen molar-refractivity contribution in [2.24, 2.45) is 0 Å². The highest BCUT2D eigenvalue weighted by molar-refractivity contribution is 5.86. The van der Waals surface area contributed by atoms with E-state index in [9.17, 15) is 14.4 Å². The lowest BCUT2D eigenvalue weighted by Gasteiger charge is -2.44. The highest BCUT2D eigenvalue weighted by atomic mass is 16.7. The summed E-state index contributed by atoms with van der Waals surface area (Å²) in [4.78, 5) is 35.1. The smallest absolute Gasteiger partial charge is 0.303 e. The number of ketones is 1. The average molecular weight is 464 g/mol. The monoisotopic (exact) mass is 464 g/mol. The van der Waals surface area contributed by atoms with Crippen LogP contribution in [0.15, 0.2) is 0 Å². The zero-order chi connectivity index (χ0) is 23.8. The lowest BCUT2D eigenvalue weighted by atomic mass is 9.98. The van der Waals surface area contributed by atoms with Crippen molar-refractivity contribution >= 4 is 17.7 Å². The maximum absolute atomic E-state index is 12.6. The molecule has 8 atom stereocenters. The summed E-state index contributed by atoms with van der Waals surface area (Å²) in [6, 6.07) is 0. The molecule has 0 unspecified atom stereocenters. The summed E-state index contributed by atoms with van der Waals surface area (Å²) in [5.41, 5.74) is 0. The first-order chi connectivity index (χ1) is 15.2. The zero-order valence-electron chi connectivity index (χ0n) is 19.1. The molecule has 0 aromatic rings. The molecule has 0 bridgehead atoms. The van der Waals surface area contributed by atoms with E-state index in [0.29, 0.717) is 0 Å². The van der Waals surface area contributed by atoms with Gasteiger partial charge in [-0.25, -0.2) is 0 Å². The molecule has 0 N–H and O–H groups in total. The van der Waals surface area contributed by atoms with Crippen molar-refractivity contribution in [3.8, 4) is 0 Å². The molecule has 32 heavy (non-hydrogen) atoms. The molecule has 2 aliphatic heterocycles. The lowest BCUT2D eigenvalue weighted by Crippen LogP contribution is -2.61. The molecule has 0 spiro atoms. The molecule has 0 radical (unpaired) electrons. The van der Waals surface area contributed by atoms with E-state index in [2.05, 4.69) is 0 Å². The number of methoxy groups -OCH3 is 4. The molecule has 2 rings (SSSR count). The van der Waals surface area contributed by atoms with E-state index in [0.717, 1.165) is 0 Å². The van der Waals surface area contributed by atoms with Crippen molar-refractivity contribution in [1.29, 1.82) is 0 Å². The Morgan fingerprint density at radius 2 is 1.50 bits per heavy atom. The molecular formula is C20H32O12. The molecule has 0 aromatic carbocycles. The van der Waals surface area contributed by atoms with E-state index >= 15 is 0 Å². The Morgan fingerprint density at radius 1 is 0.844 bits per heavy atom. The first kappa shape index (κ1) is 26.6. The van der Waals surface area contributed by atoms with Crippen LogP contribution >= 0.6 is 0 Å². The second kappa shape index (κ2) is 12.5. The van der Waals surface area contributed by atoms with E-state index < -0.39 is 66.9 Å². The minimum absolute atomic E-state index is 0.0227. The third kappa shape index (κ3) is 6.67. The molecule has 2 saturated heterocycles. The molecule has 0 amide bonds. The number of esters is 2. The highest BCUT2D eigenvalue weighted by Gasteiger charge is 2.48. The number of Topliss-reactive ketones (excluding diaryl/α,β-unsaturated/α-hetero) is 1. The summed E-state index contributed by atoms with van der Waals surface area (Å²) in [7, 11) is 6.02. The topological polar surface area (TPSA) is 134 Å². The van der Waals surface area contributed by atoms with E-state index in [1.165, 1.54) is 42.3 Å². The Hall–Kier alpha value is -1.67. The second-order valence-electron chi connectivity index (χ2n) is 7.32. The fourth-order valence-electron chi connectivity index (χ4n) is 3.75. The van der Waals surface area contributed by atoms with Crippen molar-refractivity contribution in [2.45, 2.75) is 69.5 Å². The minimum atomic E-state index is -1.19. The van der Waals surface area contributed by atoms with Crippen LogP contribution in [-0.4, -0.2) is 109 Å². The number of rotatable bonds is 10. The third-order valence-corrected chi connectivity index (χ3v) is 5.18. The Kier molecular flexibility index (Phi) is 10.4. The molecule has 12 heteroatoms. The Morgan fingerprint density at radius 3 is 2.03 bits per heavy atom. The van der Waals surface area contributed by atoms with Gasteiger partial charge in [0.2, 0.25) is 0 Å². The quantitative estimate of drug-likeness (QED) is 0.389. The van der Waals surface area contributed by atoms with Crippen LogP contribution in [0.5, 0.6) is 0 Å². The molecule has 0 saturated carbocycles. The number of hydrogen-bond donors (Lipinski definition) is 0. The Bertz CT molecular complexity index is 640. The van der Waals surface area contributed by atoms with Crippen molar-refractivity contribution < 1.29 is 57.0 Å². The van der Waals surface area contributed by atoms with Crippen LogP contribution in [0, 0.1) is 0 Å². The molecular weight excluding hydrogens is 432 g/mol. The molecule has 12 nitrogen and oxygen atoms in total. The van der Waals surface area contributed by atoms with Gasteiger partial charge in [0.15, 0.2) is 24.5 Å². The number of ether oxygens (including phenoxy) is 9. The normalized spacial score (nSPS) is 35.4. The summed E-state index contributed by atoms with van der Waals surface area (Å²) in [6.45, 7) is 2.10. The summed E-state index contributed by atoms with van der Waals surface area (Å²) < 4.78 is 49.4. The molecule has 0 aromatic heterocycles. The fourth-order valence-corrected chi connectivity index (χ4v) is 3.75. The summed E-state index contributed by atoms with van der Waals surface area (Å²) in [5.74, 6) is -1.62. The SMILES string of the molecule is CO[C@H]1O[C@H](CO[C@@H]2CC(=O)[C@H](OC(C)=O)[C@@H](COC(C)=O)O2)[C@@H](OC)[C@H](OC)[C@H]1OC. The summed E-state index contributed by atoms with van der Waals surface area (Å²) in [5, 5.41) is 0. The van der Waals surface area contributed by atoms with E-state index in [-0.39, 0.29) is 19.6 Å². The van der Waals surface area contributed by atoms with Crippen LogP contribution in [0.25, 0.3) is 0 Å². The first-order valence-corrected chi connectivity index (χ1v) is 10.1. The molecule has 2 heterocycles. The Labute approximate surface area is 186 Å². The van der Waals surface area contributed by atoms with Crippen molar-refractivity contribution in [3.63, 3.8) is 0 Å². The van der Waals surface area contributed by atoms with Crippen LogP contribution in [0.2, 0.25) is 0 Å². The van der Waals surface area contributed by atoms with Gasteiger partial charge in [-0.15, -0.1) is 0 Å². The summed E-state index contributed by atoms with van der Waals surface area (Å²) >= 11 is 0. The number of hydrogen-bond acceptors (Lipinski definition) is 12. The van der Waals surface area contributed by atoms with Gasteiger partial charge in [0.05, 0.1) is 13.0 Å². The average Bonchev–Trinajstić information content (AvgIpc) is 2.76.